The number of hydrogen-bond acceptors (Lipinski definition) is 13. The SMILES string of the molecule is C=C1c2cccc(O)c2C(O)=C2C(=O)[C@]3(O)C(O)=C(C(N)=O)C(=O)[C@@H](N(C)C)[C@@H]3[C@@H](O)[C@H]12.O=C(O)c1cc(S(=O)(=O)O)ccc1O. The third-order valence-corrected chi connectivity index (χ3v) is 8.95. The first kappa shape index (κ1) is 33.8. The Bertz CT molecular complexity index is 1910. The van der Waals surface area contributed by atoms with Crippen LogP contribution in [0.3, 0.4) is 0 Å². The van der Waals surface area contributed by atoms with E-state index in [0.29, 0.717) is 6.07 Å². The highest BCUT2D eigenvalue weighted by atomic mass is 32.2. The molecule has 17 heteroatoms. The molecular formula is C29H28N2O14S. The van der Waals surface area contributed by atoms with Crippen molar-refractivity contribution in [2.75, 3.05) is 14.1 Å². The van der Waals surface area contributed by atoms with Gasteiger partial charge in [0.15, 0.2) is 11.4 Å². The average Bonchev–Trinajstić information content (AvgIpc) is 2.94. The molecule has 0 aromatic heterocycles. The first-order chi connectivity index (χ1) is 21.2. The second-order valence-corrected chi connectivity index (χ2v) is 12.3. The zero-order chi connectivity index (χ0) is 34.8. The molecule has 10 N–H and O–H groups in total. The van der Waals surface area contributed by atoms with Gasteiger partial charge in [0, 0.05) is 5.92 Å². The molecule has 46 heavy (non-hydrogen) atoms. The molecule has 0 saturated heterocycles. The molecule has 16 nitrogen and oxygen atoms in total. The Labute approximate surface area is 260 Å². The Balaban J connectivity index is 0.000000288. The molecule has 2 aromatic carbocycles. The van der Waals surface area contributed by atoms with E-state index in [2.05, 4.69) is 6.58 Å². The van der Waals surface area contributed by atoms with Gasteiger partial charge in [-0.1, -0.05) is 18.7 Å². The number of likely N-dealkylation sites (N-methyl/N-ethyl adjacent to an activating group) is 1. The minimum atomic E-state index is -4.45. The molecular weight excluding hydrogens is 632 g/mol. The van der Waals surface area contributed by atoms with Crippen LogP contribution in [0.15, 0.2) is 64.8 Å². The lowest BCUT2D eigenvalue weighted by Gasteiger charge is -2.52. The van der Waals surface area contributed by atoms with E-state index in [1.807, 2.05) is 0 Å². The van der Waals surface area contributed by atoms with Gasteiger partial charge in [0.25, 0.3) is 16.0 Å². The summed E-state index contributed by atoms with van der Waals surface area (Å²) in [5, 5.41) is 72.2. The van der Waals surface area contributed by atoms with Crippen LogP contribution in [-0.2, 0) is 24.5 Å². The Kier molecular flexibility index (Phi) is 8.36. The maximum atomic E-state index is 13.6. The summed E-state index contributed by atoms with van der Waals surface area (Å²) < 4.78 is 29.8. The number of carbonyl (C=O) groups excluding carboxylic acids is 3. The second kappa shape index (κ2) is 11.4. The lowest BCUT2D eigenvalue weighted by Crippen LogP contribution is -2.70. The molecule has 0 aliphatic heterocycles. The number of carbonyl (C=O) groups is 4. The number of aromatic carboxylic acids is 1. The number of rotatable bonds is 4. The molecule has 2 aromatic rings. The van der Waals surface area contributed by atoms with Gasteiger partial charge in [0.05, 0.1) is 34.1 Å². The van der Waals surface area contributed by atoms with Gasteiger partial charge in [-0.2, -0.15) is 8.42 Å². The molecule has 0 bridgehead atoms. The number of nitrogens with zero attached hydrogens (tertiary/aromatic N) is 1. The summed E-state index contributed by atoms with van der Waals surface area (Å²) in [7, 11) is -1.58. The maximum Gasteiger partial charge on any atom is 0.339 e. The third kappa shape index (κ3) is 4.99. The number of carboxylic acids is 1. The number of fused-ring (bicyclic) bond motifs is 3. The average molecular weight is 661 g/mol. The third-order valence-electron chi connectivity index (χ3n) is 8.10. The van der Waals surface area contributed by atoms with Crippen molar-refractivity contribution >= 4 is 44.9 Å². The van der Waals surface area contributed by atoms with Crippen LogP contribution in [0.25, 0.3) is 11.3 Å². The zero-order valence-electron chi connectivity index (χ0n) is 23.9. The number of aliphatic hydroxyl groups excluding tert-OH is 3. The number of primary amides is 1. The van der Waals surface area contributed by atoms with Gasteiger partial charge in [-0.25, -0.2) is 4.79 Å². The predicted octanol–water partition coefficient (Wildman–Crippen LogP) is -0.257. The van der Waals surface area contributed by atoms with Crippen LogP contribution in [0.2, 0.25) is 0 Å². The largest absolute Gasteiger partial charge is 0.508 e. The lowest BCUT2D eigenvalue weighted by molar-refractivity contribution is -0.166. The Morgan fingerprint density at radius 1 is 1.02 bits per heavy atom. The molecule has 244 valence electrons. The van der Waals surface area contributed by atoms with E-state index in [1.165, 1.54) is 37.2 Å². The van der Waals surface area contributed by atoms with Crippen LogP contribution in [-0.4, -0.2) is 109 Å². The first-order valence-electron chi connectivity index (χ1n) is 13.1. The molecule has 1 fully saturated rings. The molecule has 5 rings (SSSR count). The minimum absolute atomic E-state index is 0.124. The van der Waals surface area contributed by atoms with Crippen LogP contribution in [0, 0.1) is 11.8 Å². The minimum Gasteiger partial charge on any atom is -0.508 e. The van der Waals surface area contributed by atoms with E-state index in [9.17, 15) is 53.1 Å². The Hall–Kier alpha value is -5.07. The monoisotopic (exact) mass is 660 g/mol. The molecule has 0 heterocycles. The first-order valence-corrected chi connectivity index (χ1v) is 14.5. The molecule has 0 radical (unpaired) electrons. The number of benzene rings is 2. The van der Waals surface area contributed by atoms with Gasteiger partial charge in [-0.15, -0.1) is 0 Å². The van der Waals surface area contributed by atoms with Crippen molar-refractivity contribution in [2.45, 2.75) is 22.6 Å². The van der Waals surface area contributed by atoms with Gasteiger partial charge in [0.1, 0.15) is 34.2 Å². The molecule has 1 amide bonds. The Morgan fingerprint density at radius 2 is 1.63 bits per heavy atom. The van der Waals surface area contributed by atoms with Crippen LogP contribution in [0.1, 0.15) is 21.5 Å². The summed E-state index contributed by atoms with van der Waals surface area (Å²) in [6.45, 7) is 3.91. The number of Topliss-reactive ketones (excluding diaryl/α,β-unsaturated/α-hetero) is 2. The molecule has 0 unspecified atom stereocenters. The van der Waals surface area contributed by atoms with E-state index in [-0.39, 0.29) is 22.4 Å². The normalized spacial score (nSPS) is 25.7. The second-order valence-electron chi connectivity index (χ2n) is 10.9. The highest BCUT2D eigenvalue weighted by molar-refractivity contribution is 7.85. The van der Waals surface area contributed by atoms with Gasteiger partial charge < -0.3 is 41.5 Å². The van der Waals surface area contributed by atoms with E-state index in [0.717, 1.165) is 12.1 Å². The number of phenolic OH excluding ortho intramolecular Hbond substituents is 1. The van der Waals surface area contributed by atoms with E-state index in [1.54, 1.807) is 0 Å². The quantitative estimate of drug-likeness (QED) is 0.151. The van der Waals surface area contributed by atoms with Gasteiger partial charge in [0.2, 0.25) is 5.78 Å². The van der Waals surface area contributed by atoms with Crippen molar-refractivity contribution in [3.8, 4) is 11.5 Å². The summed E-state index contributed by atoms with van der Waals surface area (Å²) in [5.74, 6) is -10.8. The van der Waals surface area contributed by atoms with Gasteiger partial charge >= 0.3 is 5.97 Å². The van der Waals surface area contributed by atoms with E-state index >= 15 is 0 Å². The van der Waals surface area contributed by atoms with Crippen molar-refractivity contribution in [3.63, 3.8) is 0 Å². The Morgan fingerprint density at radius 3 is 2.15 bits per heavy atom. The zero-order valence-corrected chi connectivity index (χ0v) is 24.8. The standard InChI is InChI=1S/C22H22N2O8.C7H6O6S/c1-7-8-5-4-6-9(25)11(8)16(26)12-10(7)17(27)14-15(24(2)3)18(28)13(21(23)31)20(30)22(14,32)19(12)29;8-6-2-1-4(14(11,12)13)3-5(6)7(9)10/h4-6,10,14-15,17,25-27,30,32H,1H2,2-3H3,(H2,23,31);1-3,8H,(H,9,10)(H,11,12,13)/t10-,14-,15+,17+,22+;/m1./s1. The summed E-state index contributed by atoms with van der Waals surface area (Å²) in [6, 6.07) is 5.34. The summed E-state index contributed by atoms with van der Waals surface area (Å²) in [5.41, 5.74) is 0.582. The molecule has 3 aliphatic carbocycles. The van der Waals surface area contributed by atoms with Crippen LogP contribution < -0.4 is 5.73 Å². The van der Waals surface area contributed by atoms with Crippen molar-refractivity contribution in [1.82, 2.24) is 4.90 Å². The van der Waals surface area contributed by atoms with Crippen LogP contribution in [0.4, 0.5) is 0 Å². The fourth-order valence-corrected chi connectivity index (χ4v) is 6.56. The van der Waals surface area contributed by atoms with Crippen LogP contribution >= 0.6 is 0 Å². The van der Waals surface area contributed by atoms with E-state index in [4.69, 9.17) is 20.5 Å². The summed E-state index contributed by atoms with van der Waals surface area (Å²) >= 11 is 0. The molecule has 5 atom stereocenters. The summed E-state index contributed by atoms with van der Waals surface area (Å²) in [6.07, 6.45) is -1.69. The van der Waals surface area contributed by atoms with Crippen molar-refractivity contribution in [1.29, 1.82) is 0 Å². The number of ketones is 2. The number of carboxylic acid groups (broad SMARTS) is 1. The highest BCUT2D eigenvalue weighted by Crippen LogP contribution is 2.55. The van der Waals surface area contributed by atoms with Crippen molar-refractivity contribution in [2.24, 2.45) is 17.6 Å². The fraction of sp³-hybridized carbons (Fsp3) is 0.241. The number of aromatic hydroxyl groups is 2. The number of amides is 1. The van der Waals surface area contributed by atoms with Crippen molar-refractivity contribution in [3.05, 3.63) is 76.6 Å². The van der Waals surface area contributed by atoms with Gasteiger partial charge in [-0.05, 0) is 49.5 Å². The molecule has 3 aliphatic rings. The number of hydrogen-bond donors (Lipinski definition) is 9. The van der Waals surface area contributed by atoms with Gasteiger partial charge in [-0.3, -0.25) is 23.8 Å². The molecule has 0 spiro atoms. The fourth-order valence-electron chi connectivity index (χ4n) is 6.06. The maximum absolute atomic E-state index is 13.6. The highest BCUT2D eigenvalue weighted by Gasteiger charge is 2.68. The lowest BCUT2D eigenvalue weighted by atomic mass is 9.55. The van der Waals surface area contributed by atoms with Crippen molar-refractivity contribution < 1.29 is 67.9 Å². The van der Waals surface area contributed by atoms with Crippen LogP contribution in [0.5, 0.6) is 11.5 Å². The topological polar surface area (TPSA) is 294 Å². The number of nitrogens with two attached hydrogens (primary N) is 1. The number of phenols is 2. The molecule has 1 saturated carbocycles. The van der Waals surface area contributed by atoms with E-state index < -0.39 is 102 Å². The summed E-state index contributed by atoms with van der Waals surface area (Å²) in [4.78, 5) is 49.7. The predicted molar refractivity (Wildman–Crippen MR) is 156 cm³/mol. The smallest absolute Gasteiger partial charge is 0.339 e. The number of aliphatic hydroxyl groups is 4.